The predicted octanol–water partition coefficient (Wildman–Crippen LogP) is 4.58. The molecule has 0 spiro atoms. The van der Waals surface area contributed by atoms with E-state index < -0.39 is 5.91 Å². The molecule has 0 bridgehead atoms. The van der Waals surface area contributed by atoms with E-state index in [4.69, 9.17) is 10.5 Å². The number of fused-ring (bicyclic) bond motifs is 1. The van der Waals surface area contributed by atoms with Crippen LogP contribution >= 0.6 is 11.3 Å². The van der Waals surface area contributed by atoms with Gasteiger partial charge in [0, 0.05) is 4.88 Å². The summed E-state index contributed by atoms with van der Waals surface area (Å²) in [5.74, 6) is 0.726. The van der Waals surface area contributed by atoms with Gasteiger partial charge in [-0.05, 0) is 60.8 Å². The number of anilines is 1. The number of nitrogens with two attached hydrogens (primary N) is 1. The molecular formula is C23H30N2O3S. The smallest absolute Gasteiger partial charge is 0.251 e. The highest BCUT2D eigenvalue weighted by Crippen LogP contribution is 2.44. The van der Waals surface area contributed by atoms with E-state index >= 15 is 0 Å². The monoisotopic (exact) mass is 414 g/mol. The van der Waals surface area contributed by atoms with Crippen molar-refractivity contribution in [3.63, 3.8) is 0 Å². The fraction of sp³-hybridized carbons (Fsp3) is 0.478. The molecule has 1 heterocycles. The van der Waals surface area contributed by atoms with Crippen LogP contribution in [0.1, 0.15) is 60.5 Å². The van der Waals surface area contributed by atoms with Gasteiger partial charge < -0.3 is 15.8 Å². The molecule has 1 aromatic heterocycles. The molecule has 2 aromatic rings. The third kappa shape index (κ3) is 4.99. The number of hydrogen-bond acceptors (Lipinski definition) is 4. The van der Waals surface area contributed by atoms with E-state index in [1.54, 1.807) is 0 Å². The number of nitrogens with one attached hydrogen (secondary N) is 1. The lowest BCUT2D eigenvalue weighted by Gasteiger charge is -2.33. The summed E-state index contributed by atoms with van der Waals surface area (Å²) in [6, 6.07) is 7.48. The molecule has 0 fully saturated rings. The number of rotatable bonds is 6. The van der Waals surface area contributed by atoms with Crippen molar-refractivity contribution in [1.82, 2.24) is 0 Å². The highest BCUT2D eigenvalue weighted by molar-refractivity contribution is 7.17. The summed E-state index contributed by atoms with van der Waals surface area (Å²) in [4.78, 5) is 25.9. The molecule has 0 saturated heterocycles. The lowest BCUT2D eigenvalue weighted by molar-refractivity contribution is -0.115. The van der Waals surface area contributed by atoms with Gasteiger partial charge in [-0.25, -0.2) is 0 Å². The molecule has 3 rings (SSSR count). The second-order valence-electron chi connectivity index (χ2n) is 8.68. The summed E-state index contributed by atoms with van der Waals surface area (Å²) in [7, 11) is 0. The Kier molecular flexibility index (Phi) is 6.32. The van der Waals surface area contributed by atoms with Gasteiger partial charge in [0.05, 0.1) is 18.6 Å². The van der Waals surface area contributed by atoms with Gasteiger partial charge in [0.25, 0.3) is 5.91 Å². The molecule has 156 valence electrons. The zero-order valence-corrected chi connectivity index (χ0v) is 18.4. The molecule has 29 heavy (non-hydrogen) atoms. The van der Waals surface area contributed by atoms with Gasteiger partial charge in [-0.2, -0.15) is 0 Å². The summed E-state index contributed by atoms with van der Waals surface area (Å²) in [6.45, 7) is 9.30. The molecule has 1 aliphatic rings. The molecule has 1 atom stereocenters. The summed E-state index contributed by atoms with van der Waals surface area (Å²) >= 11 is 1.51. The molecule has 5 nitrogen and oxygen atoms in total. The third-order valence-corrected chi connectivity index (χ3v) is 6.76. The van der Waals surface area contributed by atoms with Crippen LogP contribution in [-0.2, 0) is 24.1 Å². The largest absolute Gasteiger partial charge is 0.494 e. The maximum atomic E-state index is 12.6. The van der Waals surface area contributed by atoms with Crippen molar-refractivity contribution < 1.29 is 14.3 Å². The molecule has 1 aliphatic carbocycles. The van der Waals surface area contributed by atoms with Gasteiger partial charge >= 0.3 is 0 Å². The first-order valence-corrected chi connectivity index (χ1v) is 11.0. The predicted molar refractivity (Wildman–Crippen MR) is 118 cm³/mol. The van der Waals surface area contributed by atoms with Crippen molar-refractivity contribution in [3.05, 3.63) is 45.8 Å². The second-order valence-corrected chi connectivity index (χ2v) is 9.79. The zero-order chi connectivity index (χ0) is 21.2. The number of primary amides is 1. The fourth-order valence-electron chi connectivity index (χ4n) is 3.90. The van der Waals surface area contributed by atoms with Gasteiger partial charge in [-0.3, -0.25) is 9.59 Å². The quantitative estimate of drug-likeness (QED) is 0.726. The van der Waals surface area contributed by atoms with Crippen molar-refractivity contribution in [2.45, 2.75) is 53.4 Å². The minimum atomic E-state index is -0.465. The standard InChI is InChI=1S/C23H30N2O3S/c1-5-28-16-9-6-14(7-10-16)12-19(26)25-22-20(21(24)27)17-11-8-15(23(2,3)4)13-18(17)29-22/h6-7,9-10,15H,5,8,11-13H2,1-4H3,(H2,24,27)(H,25,26). The lowest BCUT2D eigenvalue weighted by Crippen LogP contribution is -2.27. The highest BCUT2D eigenvalue weighted by atomic mass is 32.1. The first kappa shape index (κ1) is 21.4. The highest BCUT2D eigenvalue weighted by Gasteiger charge is 2.33. The number of thiophene rings is 1. The summed E-state index contributed by atoms with van der Waals surface area (Å²) in [5, 5.41) is 3.53. The van der Waals surface area contributed by atoms with Crippen molar-refractivity contribution in [2.75, 3.05) is 11.9 Å². The van der Waals surface area contributed by atoms with Crippen LogP contribution in [0.5, 0.6) is 5.75 Å². The van der Waals surface area contributed by atoms with Crippen LogP contribution in [0.25, 0.3) is 0 Å². The molecule has 1 aromatic carbocycles. The number of hydrogen-bond donors (Lipinski definition) is 2. The number of carbonyl (C=O) groups excluding carboxylic acids is 2. The van der Waals surface area contributed by atoms with Gasteiger partial charge in [-0.15, -0.1) is 11.3 Å². The Hall–Kier alpha value is -2.34. The first-order valence-electron chi connectivity index (χ1n) is 10.1. The summed E-state index contributed by atoms with van der Waals surface area (Å²) < 4.78 is 5.43. The minimum absolute atomic E-state index is 0.150. The van der Waals surface area contributed by atoms with Crippen LogP contribution < -0.4 is 15.8 Å². The average Bonchev–Trinajstić information content (AvgIpc) is 2.99. The zero-order valence-electron chi connectivity index (χ0n) is 17.6. The molecular weight excluding hydrogens is 384 g/mol. The topological polar surface area (TPSA) is 81.4 Å². The van der Waals surface area contributed by atoms with Crippen LogP contribution in [0.15, 0.2) is 24.3 Å². The van der Waals surface area contributed by atoms with E-state index in [1.165, 1.54) is 16.2 Å². The van der Waals surface area contributed by atoms with E-state index in [0.717, 1.165) is 36.1 Å². The SMILES string of the molecule is CCOc1ccc(CC(=O)Nc2sc3c(c2C(N)=O)CCC(C(C)(C)C)C3)cc1. The lowest BCUT2D eigenvalue weighted by atomic mass is 9.72. The molecule has 0 saturated carbocycles. The number of carbonyl (C=O) groups is 2. The summed E-state index contributed by atoms with van der Waals surface area (Å²) in [5.41, 5.74) is 8.31. The Balaban J connectivity index is 1.76. The van der Waals surface area contributed by atoms with Crippen molar-refractivity contribution in [1.29, 1.82) is 0 Å². The van der Waals surface area contributed by atoms with Crippen LogP contribution in [0.2, 0.25) is 0 Å². The Morgan fingerprint density at radius 3 is 2.52 bits per heavy atom. The first-order chi connectivity index (χ1) is 13.7. The molecule has 0 radical (unpaired) electrons. The Bertz CT molecular complexity index is 894. The van der Waals surface area contributed by atoms with Gasteiger partial charge in [0.2, 0.25) is 5.91 Å². The van der Waals surface area contributed by atoms with Crippen LogP contribution in [0.4, 0.5) is 5.00 Å². The van der Waals surface area contributed by atoms with Gasteiger partial charge in [0.1, 0.15) is 10.8 Å². The Morgan fingerprint density at radius 1 is 1.24 bits per heavy atom. The van der Waals surface area contributed by atoms with Crippen LogP contribution in [0.3, 0.4) is 0 Å². The van der Waals surface area contributed by atoms with Crippen molar-refractivity contribution >= 4 is 28.2 Å². The van der Waals surface area contributed by atoms with Crippen molar-refractivity contribution in [2.24, 2.45) is 17.1 Å². The third-order valence-electron chi connectivity index (χ3n) is 5.59. The molecule has 3 N–H and O–H groups in total. The van der Waals surface area contributed by atoms with Gasteiger partial charge in [0.15, 0.2) is 0 Å². The number of ether oxygens (including phenoxy) is 1. The molecule has 0 aliphatic heterocycles. The minimum Gasteiger partial charge on any atom is -0.494 e. The number of amides is 2. The maximum absolute atomic E-state index is 12.6. The maximum Gasteiger partial charge on any atom is 0.251 e. The van der Waals surface area contributed by atoms with E-state index in [0.29, 0.717) is 23.1 Å². The Morgan fingerprint density at radius 2 is 1.93 bits per heavy atom. The second kappa shape index (κ2) is 8.57. The van der Waals surface area contributed by atoms with E-state index in [1.807, 2.05) is 31.2 Å². The number of benzene rings is 1. The fourth-order valence-corrected chi connectivity index (χ4v) is 5.25. The molecule has 1 unspecified atom stereocenters. The van der Waals surface area contributed by atoms with E-state index in [9.17, 15) is 9.59 Å². The van der Waals surface area contributed by atoms with Crippen molar-refractivity contribution in [3.8, 4) is 5.75 Å². The van der Waals surface area contributed by atoms with Crippen LogP contribution in [-0.4, -0.2) is 18.4 Å². The molecule has 6 heteroatoms. The van der Waals surface area contributed by atoms with E-state index in [2.05, 4.69) is 26.1 Å². The average molecular weight is 415 g/mol. The van der Waals surface area contributed by atoms with E-state index in [-0.39, 0.29) is 17.7 Å². The molecule has 2 amide bonds. The normalized spacial score (nSPS) is 16.2. The van der Waals surface area contributed by atoms with Crippen LogP contribution in [0, 0.1) is 11.3 Å². The Labute approximate surface area is 176 Å². The van der Waals surface area contributed by atoms with Gasteiger partial charge in [-0.1, -0.05) is 32.9 Å². The summed E-state index contributed by atoms with van der Waals surface area (Å²) in [6.07, 6.45) is 3.03.